The van der Waals surface area contributed by atoms with Crippen molar-refractivity contribution in [3.05, 3.63) is 24.0 Å². The molecular weight excluding hydrogens is 236 g/mol. The fraction of sp³-hybridized carbons (Fsp3) is 0.667. The molecule has 0 aliphatic carbocycles. The van der Waals surface area contributed by atoms with Crippen LogP contribution in [0, 0.1) is 0 Å². The Kier molecular flexibility index (Phi) is 5.16. The van der Waals surface area contributed by atoms with Crippen LogP contribution in [-0.2, 0) is 6.54 Å². The molecule has 2 rings (SSSR count). The zero-order valence-corrected chi connectivity index (χ0v) is 12.4. The first-order valence-corrected chi connectivity index (χ1v) is 7.31. The minimum Gasteiger partial charge on any atom is -0.369 e. The monoisotopic (exact) mass is 262 g/mol. The highest BCUT2D eigenvalue weighted by atomic mass is 15.3. The number of nitrogens with one attached hydrogen (secondary N) is 1. The summed E-state index contributed by atoms with van der Waals surface area (Å²) in [6.45, 7) is 9.73. The second-order valence-electron chi connectivity index (χ2n) is 5.46. The largest absolute Gasteiger partial charge is 0.369 e. The van der Waals surface area contributed by atoms with Crippen molar-refractivity contribution in [1.82, 2.24) is 15.2 Å². The summed E-state index contributed by atoms with van der Waals surface area (Å²) in [4.78, 5) is 9.33. The Morgan fingerprint density at radius 3 is 3.00 bits per heavy atom. The number of piperazine rings is 1. The van der Waals surface area contributed by atoms with Gasteiger partial charge in [0.2, 0.25) is 0 Å². The summed E-state index contributed by atoms with van der Waals surface area (Å²) in [6.07, 6.45) is 3.09. The summed E-state index contributed by atoms with van der Waals surface area (Å²) in [6, 6.07) is 4.96. The van der Waals surface area contributed by atoms with Crippen molar-refractivity contribution < 1.29 is 0 Å². The quantitative estimate of drug-likeness (QED) is 0.819. The Balaban J connectivity index is 1.98. The van der Waals surface area contributed by atoms with E-state index < -0.39 is 0 Å². The van der Waals surface area contributed by atoms with Crippen molar-refractivity contribution in [2.24, 2.45) is 0 Å². The summed E-state index contributed by atoms with van der Waals surface area (Å²) in [7, 11) is 2.20. The van der Waals surface area contributed by atoms with Gasteiger partial charge in [0.25, 0.3) is 0 Å². The fourth-order valence-electron chi connectivity index (χ4n) is 2.44. The SMILES string of the molecule is CCCNCc1cc(N2CCN(C)C(C)C2)ccn1. The van der Waals surface area contributed by atoms with E-state index in [0.717, 1.165) is 44.8 Å². The molecule has 0 spiro atoms. The lowest BCUT2D eigenvalue weighted by Crippen LogP contribution is -2.50. The predicted molar refractivity (Wildman–Crippen MR) is 80.5 cm³/mol. The molecule has 1 unspecified atom stereocenters. The lowest BCUT2D eigenvalue weighted by Gasteiger charge is -2.39. The maximum absolute atomic E-state index is 4.44. The molecule has 2 heterocycles. The molecule has 1 aliphatic rings. The maximum atomic E-state index is 4.44. The van der Waals surface area contributed by atoms with Crippen molar-refractivity contribution in [3.8, 4) is 0 Å². The molecule has 0 amide bonds. The van der Waals surface area contributed by atoms with Crippen LogP contribution in [0.15, 0.2) is 18.3 Å². The highest BCUT2D eigenvalue weighted by molar-refractivity contribution is 5.47. The van der Waals surface area contributed by atoms with Crippen LogP contribution in [0.4, 0.5) is 5.69 Å². The van der Waals surface area contributed by atoms with Gasteiger partial charge < -0.3 is 15.1 Å². The third-order valence-electron chi connectivity index (χ3n) is 3.86. The van der Waals surface area contributed by atoms with Gasteiger partial charge in [-0.25, -0.2) is 0 Å². The zero-order chi connectivity index (χ0) is 13.7. The molecule has 0 aromatic carbocycles. The van der Waals surface area contributed by atoms with Crippen molar-refractivity contribution >= 4 is 5.69 Å². The van der Waals surface area contributed by atoms with E-state index in [1.807, 2.05) is 6.20 Å². The molecule has 0 saturated carbocycles. The summed E-state index contributed by atoms with van der Waals surface area (Å²) in [5, 5.41) is 3.41. The molecule has 1 fully saturated rings. The highest BCUT2D eigenvalue weighted by Gasteiger charge is 2.20. The van der Waals surface area contributed by atoms with Crippen molar-refractivity contribution in [2.45, 2.75) is 32.9 Å². The van der Waals surface area contributed by atoms with Crippen LogP contribution in [-0.4, -0.2) is 49.2 Å². The predicted octanol–water partition coefficient (Wildman–Crippen LogP) is 1.72. The molecule has 0 radical (unpaired) electrons. The minimum absolute atomic E-state index is 0.614. The van der Waals surface area contributed by atoms with Gasteiger partial charge in [-0.1, -0.05) is 6.92 Å². The average molecular weight is 262 g/mol. The normalized spacial score (nSPS) is 20.8. The maximum Gasteiger partial charge on any atom is 0.0562 e. The van der Waals surface area contributed by atoms with E-state index in [4.69, 9.17) is 0 Å². The number of nitrogens with zero attached hydrogens (tertiary/aromatic N) is 3. The van der Waals surface area contributed by atoms with Crippen LogP contribution in [0.3, 0.4) is 0 Å². The first-order chi connectivity index (χ1) is 9.20. The number of pyridine rings is 1. The van der Waals surface area contributed by atoms with Gasteiger partial charge in [0.15, 0.2) is 0 Å². The molecular formula is C15H26N4. The standard InChI is InChI=1S/C15H26N4/c1-4-6-16-11-14-10-15(5-7-17-14)19-9-8-18(3)13(2)12-19/h5,7,10,13,16H,4,6,8-9,11-12H2,1-3H3. The van der Waals surface area contributed by atoms with Crippen LogP contribution >= 0.6 is 0 Å². The van der Waals surface area contributed by atoms with Gasteiger partial charge in [-0.3, -0.25) is 4.98 Å². The summed E-state index contributed by atoms with van der Waals surface area (Å²) in [5.41, 5.74) is 2.45. The zero-order valence-electron chi connectivity index (χ0n) is 12.4. The number of likely N-dealkylation sites (N-methyl/N-ethyl adjacent to an activating group) is 1. The summed E-state index contributed by atoms with van der Waals surface area (Å²) < 4.78 is 0. The van der Waals surface area contributed by atoms with E-state index in [9.17, 15) is 0 Å². The molecule has 1 atom stereocenters. The Hall–Kier alpha value is -1.13. The number of hydrogen-bond acceptors (Lipinski definition) is 4. The first-order valence-electron chi connectivity index (χ1n) is 7.31. The Bertz CT molecular complexity index is 393. The third kappa shape index (κ3) is 3.91. The number of rotatable bonds is 5. The molecule has 0 bridgehead atoms. The highest BCUT2D eigenvalue weighted by Crippen LogP contribution is 2.18. The average Bonchev–Trinajstić information content (AvgIpc) is 2.43. The topological polar surface area (TPSA) is 31.4 Å². The van der Waals surface area contributed by atoms with Gasteiger partial charge in [0, 0.05) is 44.1 Å². The molecule has 19 heavy (non-hydrogen) atoms. The Morgan fingerprint density at radius 2 is 2.26 bits per heavy atom. The minimum atomic E-state index is 0.614. The van der Waals surface area contributed by atoms with Crippen molar-refractivity contribution in [2.75, 3.05) is 38.1 Å². The van der Waals surface area contributed by atoms with Gasteiger partial charge in [-0.15, -0.1) is 0 Å². The van der Waals surface area contributed by atoms with Crippen LogP contribution in [0.25, 0.3) is 0 Å². The van der Waals surface area contributed by atoms with E-state index in [1.165, 1.54) is 5.69 Å². The molecule has 4 heteroatoms. The smallest absolute Gasteiger partial charge is 0.0562 e. The summed E-state index contributed by atoms with van der Waals surface area (Å²) in [5.74, 6) is 0. The van der Waals surface area contributed by atoms with Crippen LogP contribution in [0.2, 0.25) is 0 Å². The molecule has 106 valence electrons. The molecule has 1 aliphatic heterocycles. The molecule has 1 N–H and O–H groups in total. The molecule has 1 aromatic rings. The summed E-state index contributed by atoms with van der Waals surface area (Å²) >= 11 is 0. The van der Waals surface area contributed by atoms with Gasteiger partial charge >= 0.3 is 0 Å². The second-order valence-corrected chi connectivity index (χ2v) is 5.46. The van der Waals surface area contributed by atoms with Crippen LogP contribution < -0.4 is 10.2 Å². The van der Waals surface area contributed by atoms with Gasteiger partial charge in [-0.2, -0.15) is 0 Å². The van der Waals surface area contributed by atoms with Crippen LogP contribution in [0.5, 0.6) is 0 Å². The van der Waals surface area contributed by atoms with Gasteiger partial charge in [-0.05, 0) is 39.1 Å². The van der Waals surface area contributed by atoms with E-state index in [1.54, 1.807) is 0 Å². The number of aromatic nitrogens is 1. The number of hydrogen-bond donors (Lipinski definition) is 1. The fourth-order valence-corrected chi connectivity index (χ4v) is 2.44. The second kappa shape index (κ2) is 6.87. The van der Waals surface area contributed by atoms with Gasteiger partial charge in [0.1, 0.15) is 0 Å². The van der Waals surface area contributed by atoms with Gasteiger partial charge in [0.05, 0.1) is 5.69 Å². The third-order valence-corrected chi connectivity index (χ3v) is 3.86. The van der Waals surface area contributed by atoms with Crippen molar-refractivity contribution in [3.63, 3.8) is 0 Å². The Morgan fingerprint density at radius 1 is 1.42 bits per heavy atom. The molecule has 4 nitrogen and oxygen atoms in total. The Labute approximate surface area is 116 Å². The first kappa shape index (κ1) is 14.3. The van der Waals surface area contributed by atoms with E-state index in [-0.39, 0.29) is 0 Å². The molecule has 1 saturated heterocycles. The molecule has 1 aromatic heterocycles. The lowest BCUT2D eigenvalue weighted by atomic mass is 10.2. The van der Waals surface area contributed by atoms with E-state index in [0.29, 0.717) is 6.04 Å². The van der Waals surface area contributed by atoms with E-state index in [2.05, 4.69) is 53.1 Å². The van der Waals surface area contributed by atoms with E-state index >= 15 is 0 Å². The van der Waals surface area contributed by atoms with Crippen molar-refractivity contribution in [1.29, 1.82) is 0 Å². The number of anilines is 1. The van der Waals surface area contributed by atoms with Crippen LogP contribution in [0.1, 0.15) is 26.0 Å². The lowest BCUT2D eigenvalue weighted by molar-refractivity contribution is 0.234.